The van der Waals surface area contributed by atoms with Gasteiger partial charge < -0.3 is 9.47 Å². The van der Waals surface area contributed by atoms with Gasteiger partial charge in [-0.15, -0.1) is 0 Å². The molecule has 182 valence electrons. The SMILES string of the molecule is CC(=O)OC1C2CC3CC1CC(C(=O)Oc1cc(C(C)C)c(S(=O)(=O)O)cc1C(C)C)(C3)C2. The minimum Gasteiger partial charge on any atom is -0.462 e. The topological polar surface area (TPSA) is 107 Å². The van der Waals surface area contributed by atoms with Crippen LogP contribution in [0.2, 0.25) is 0 Å². The highest BCUT2D eigenvalue weighted by atomic mass is 32.2. The Labute approximate surface area is 196 Å². The van der Waals surface area contributed by atoms with Crippen LogP contribution in [0.4, 0.5) is 0 Å². The molecule has 4 fully saturated rings. The maximum absolute atomic E-state index is 13.6. The lowest BCUT2D eigenvalue weighted by atomic mass is 9.48. The van der Waals surface area contributed by atoms with Gasteiger partial charge in [-0.05, 0) is 85.0 Å². The molecule has 0 amide bonds. The van der Waals surface area contributed by atoms with Gasteiger partial charge in [0.1, 0.15) is 11.9 Å². The van der Waals surface area contributed by atoms with Crippen molar-refractivity contribution in [2.45, 2.75) is 89.6 Å². The number of hydrogen-bond acceptors (Lipinski definition) is 6. The number of ether oxygens (including phenoxy) is 2. The molecular formula is C25H34O7S. The van der Waals surface area contributed by atoms with Crippen LogP contribution >= 0.6 is 0 Å². The lowest BCUT2D eigenvalue weighted by molar-refractivity contribution is -0.189. The van der Waals surface area contributed by atoms with Crippen molar-refractivity contribution in [2.75, 3.05) is 0 Å². The Morgan fingerprint density at radius 1 is 1.00 bits per heavy atom. The molecule has 4 saturated carbocycles. The molecule has 8 heteroatoms. The second-order valence-corrected chi connectivity index (χ2v) is 12.3. The summed E-state index contributed by atoms with van der Waals surface area (Å²) in [5, 5.41) is 0. The van der Waals surface area contributed by atoms with E-state index in [0.717, 1.165) is 19.3 Å². The molecule has 0 aliphatic heterocycles. The van der Waals surface area contributed by atoms with E-state index in [-0.39, 0.29) is 46.6 Å². The normalized spacial score (nSPS) is 30.7. The van der Waals surface area contributed by atoms with Crippen molar-refractivity contribution in [2.24, 2.45) is 23.2 Å². The van der Waals surface area contributed by atoms with Crippen LogP contribution in [0, 0.1) is 23.2 Å². The Hall–Kier alpha value is -1.93. The van der Waals surface area contributed by atoms with Gasteiger partial charge in [0.25, 0.3) is 10.1 Å². The summed E-state index contributed by atoms with van der Waals surface area (Å²) in [7, 11) is -4.41. The maximum atomic E-state index is 13.6. The number of benzene rings is 1. The number of hydrogen-bond donors (Lipinski definition) is 1. The van der Waals surface area contributed by atoms with Crippen LogP contribution in [-0.2, 0) is 24.4 Å². The van der Waals surface area contributed by atoms with E-state index in [9.17, 15) is 22.6 Å². The first-order valence-electron chi connectivity index (χ1n) is 11.9. The third kappa shape index (κ3) is 4.44. The predicted octanol–water partition coefficient (Wildman–Crippen LogP) is 4.84. The van der Waals surface area contributed by atoms with Gasteiger partial charge in [-0.25, -0.2) is 0 Å². The highest BCUT2D eigenvalue weighted by Gasteiger charge is 2.60. The average Bonchev–Trinajstić information content (AvgIpc) is 2.68. The molecule has 1 aromatic carbocycles. The maximum Gasteiger partial charge on any atom is 0.317 e. The molecule has 33 heavy (non-hydrogen) atoms. The number of esters is 2. The smallest absolute Gasteiger partial charge is 0.317 e. The quantitative estimate of drug-likeness (QED) is 0.354. The molecule has 0 radical (unpaired) electrons. The monoisotopic (exact) mass is 478 g/mol. The zero-order valence-corrected chi connectivity index (χ0v) is 20.8. The van der Waals surface area contributed by atoms with Gasteiger partial charge >= 0.3 is 11.9 Å². The van der Waals surface area contributed by atoms with E-state index in [1.54, 1.807) is 6.07 Å². The fourth-order valence-corrected chi connectivity index (χ4v) is 7.49. The first-order valence-corrected chi connectivity index (χ1v) is 13.3. The third-order valence-corrected chi connectivity index (χ3v) is 8.70. The Bertz CT molecular complexity index is 1060. The van der Waals surface area contributed by atoms with Crippen molar-refractivity contribution in [1.29, 1.82) is 0 Å². The zero-order valence-electron chi connectivity index (χ0n) is 20.0. The van der Waals surface area contributed by atoms with Gasteiger partial charge in [0, 0.05) is 6.92 Å². The van der Waals surface area contributed by atoms with Gasteiger partial charge in [0.05, 0.1) is 10.3 Å². The lowest BCUT2D eigenvalue weighted by Gasteiger charge is -2.57. The van der Waals surface area contributed by atoms with E-state index >= 15 is 0 Å². The van der Waals surface area contributed by atoms with Crippen LogP contribution in [0.5, 0.6) is 5.75 Å². The number of rotatable bonds is 6. The first-order chi connectivity index (χ1) is 15.3. The molecule has 4 bridgehead atoms. The van der Waals surface area contributed by atoms with E-state index < -0.39 is 15.5 Å². The lowest BCUT2D eigenvalue weighted by Crippen LogP contribution is -2.58. The summed E-state index contributed by atoms with van der Waals surface area (Å²) in [5.74, 6) is 0.280. The fraction of sp³-hybridized carbons (Fsp3) is 0.680. The van der Waals surface area contributed by atoms with Crippen molar-refractivity contribution in [1.82, 2.24) is 0 Å². The number of carbonyl (C=O) groups excluding carboxylic acids is 2. The van der Waals surface area contributed by atoms with Gasteiger partial charge in [-0.2, -0.15) is 8.42 Å². The largest absolute Gasteiger partial charge is 0.462 e. The summed E-state index contributed by atoms with van der Waals surface area (Å²) >= 11 is 0. The molecule has 7 nitrogen and oxygen atoms in total. The summed E-state index contributed by atoms with van der Waals surface area (Å²) in [6.07, 6.45) is 3.90. The molecule has 1 N–H and O–H groups in total. The van der Waals surface area contributed by atoms with Crippen LogP contribution in [0.25, 0.3) is 0 Å². The second kappa shape index (κ2) is 8.38. The highest BCUT2D eigenvalue weighted by molar-refractivity contribution is 7.85. The molecule has 5 rings (SSSR count). The van der Waals surface area contributed by atoms with Crippen molar-refractivity contribution >= 4 is 22.1 Å². The summed E-state index contributed by atoms with van der Waals surface area (Å²) < 4.78 is 45.5. The summed E-state index contributed by atoms with van der Waals surface area (Å²) in [6.45, 7) is 8.89. The first kappa shape index (κ1) is 24.2. The van der Waals surface area contributed by atoms with Crippen molar-refractivity contribution in [3.8, 4) is 5.75 Å². The van der Waals surface area contributed by atoms with Crippen molar-refractivity contribution < 1.29 is 32.0 Å². The summed E-state index contributed by atoms with van der Waals surface area (Å²) in [6, 6.07) is 3.04. The Balaban J connectivity index is 1.66. The predicted molar refractivity (Wildman–Crippen MR) is 122 cm³/mol. The Morgan fingerprint density at radius 3 is 2.06 bits per heavy atom. The Morgan fingerprint density at radius 2 is 1.58 bits per heavy atom. The average molecular weight is 479 g/mol. The van der Waals surface area contributed by atoms with Crippen LogP contribution < -0.4 is 4.74 Å². The molecule has 1 aromatic rings. The fourth-order valence-electron chi connectivity index (χ4n) is 6.63. The Kier molecular flexibility index (Phi) is 6.15. The summed E-state index contributed by atoms with van der Waals surface area (Å²) in [4.78, 5) is 25.1. The second-order valence-electron chi connectivity index (χ2n) is 10.9. The van der Waals surface area contributed by atoms with Crippen molar-refractivity contribution in [3.05, 3.63) is 23.3 Å². The van der Waals surface area contributed by atoms with E-state index in [1.165, 1.54) is 13.0 Å². The zero-order chi connectivity index (χ0) is 24.3. The minimum absolute atomic E-state index is 0.112. The van der Waals surface area contributed by atoms with Gasteiger partial charge in [0.2, 0.25) is 0 Å². The highest BCUT2D eigenvalue weighted by Crippen LogP contribution is 2.61. The molecule has 4 aliphatic carbocycles. The van der Waals surface area contributed by atoms with Crippen LogP contribution in [0.1, 0.15) is 89.7 Å². The molecule has 0 aromatic heterocycles. The molecule has 2 atom stereocenters. The van der Waals surface area contributed by atoms with Gasteiger partial charge in [0.15, 0.2) is 0 Å². The molecule has 2 unspecified atom stereocenters. The summed E-state index contributed by atoms with van der Waals surface area (Å²) in [5.41, 5.74) is 0.397. The molecule has 4 aliphatic rings. The number of carbonyl (C=O) groups is 2. The van der Waals surface area contributed by atoms with E-state index in [0.29, 0.717) is 35.6 Å². The minimum atomic E-state index is -4.41. The molecule has 0 spiro atoms. The van der Waals surface area contributed by atoms with Crippen LogP contribution in [0.15, 0.2) is 17.0 Å². The molecule has 0 heterocycles. The van der Waals surface area contributed by atoms with Crippen LogP contribution in [-0.4, -0.2) is 31.0 Å². The van der Waals surface area contributed by atoms with E-state index in [1.807, 2.05) is 27.7 Å². The van der Waals surface area contributed by atoms with Gasteiger partial charge in [-0.3, -0.25) is 14.1 Å². The third-order valence-electron chi connectivity index (χ3n) is 7.79. The standard InChI is InChI=1S/C25H34O7S/c1-13(2)19-9-22(33(28,29)30)20(14(3)4)8-21(19)32-24(27)25-10-16-6-17(11-25)23(31-15(5)26)18(7-16)12-25/h8-9,13-14,16-18,23H,6-7,10-12H2,1-5H3,(H,28,29,30). The van der Waals surface area contributed by atoms with E-state index in [2.05, 4.69) is 0 Å². The van der Waals surface area contributed by atoms with Crippen molar-refractivity contribution in [3.63, 3.8) is 0 Å². The van der Waals surface area contributed by atoms with Gasteiger partial charge in [-0.1, -0.05) is 27.7 Å². The van der Waals surface area contributed by atoms with E-state index in [4.69, 9.17) is 9.47 Å². The molecule has 0 saturated heterocycles. The molecular weight excluding hydrogens is 444 g/mol. The van der Waals surface area contributed by atoms with Crippen LogP contribution in [0.3, 0.4) is 0 Å².